The monoisotopic (exact) mass is 543 g/mol. The van der Waals surface area contributed by atoms with Gasteiger partial charge < -0.3 is 34.9 Å². The van der Waals surface area contributed by atoms with Crippen LogP contribution >= 0.6 is 0 Å². The van der Waals surface area contributed by atoms with Crippen molar-refractivity contribution in [3.05, 3.63) is 54.1 Å². The van der Waals surface area contributed by atoms with Crippen LogP contribution in [0.1, 0.15) is 38.1 Å². The van der Waals surface area contributed by atoms with Crippen LogP contribution in [0.5, 0.6) is 0 Å². The summed E-state index contributed by atoms with van der Waals surface area (Å²) >= 11 is 0. The number of aliphatic hydroxyl groups excluding tert-OH is 1. The highest BCUT2D eigenvalue weighted by Gasteiger charge is 2.15. The van der Waals surface area contributed by atoms with Crippen molar-refractivity contribution in [1.82, 2.24) is 10.6 Å². The zero-order chi connectivity index (χ0) is 28.5. The Balaban J connectivity index is 1.60. The molecule has 214 valence electrons. The lowest BCUT2D eigenvalue weighted by Gasteiger charge is -2.21. The Labute approximate surface area is 230 Å². The van der Waals surface area contributed by atoms with E-state index in [1.165, 1.54) is 0 Å². The van der Waals surface area contributed by atoms with E-state index in [0.717, 1.165) is 12.2 Å². The van der Waals surface area contributed by atoms with Crippen LogP contribution in [0.15, 0.2) is 58.8 Å². The number of anilines is 1. The fourth-order valence-electron chi connectivity index (χ4n) is 3.32. The molecule has 0 spiro atoms. The van der Waals surface area contributed by atoms with Gasteiger partial charge in [0.05, 0.1) is 44.4 Å². The smallest absolute Gasteiger partial charge is 0.407 e. The van der Waals surface area contributed by atoms with Crippen molar-refractivity contribution in [2.75, 3.05) is 64.1 Å². The maximum Gasteiger partial charge on any atom is 0.407 e. The molecule has 2 aromatic carbocycles. The van der Waals surface area contributed by atoms with Crippen molar-refractivity contribution >= 4 is 29.1 Å². The van der Waals surface area contributed by atoms with Gasteiger partial charge in [-0.2, -0.15) is 10.2 Å². The van der Waals surface area contributed by atoms with Crippen LogP contribution in [0.2, 0.25) is 0 Å². The lowest BCUT2D eigenvalue weighted by molar-refractivity contribution is 0.0400. The number of carbonyl (C=O) groups excluding carboxylic acids is 2. The molecule has 11 nitrogen and oxygen atoms in total. The van der Waals surface area contributed by atoms with Crippen LogP contribution in [0, 0.1) is 0 Å². The van der Waals surface area contributed by atoms with Gasteiger partial charge in [0.15, 0.2) is 0 Å². The van der Waals surface area contributed by atoms with Crippen LogP contribution in [-0.2, 0) is 14.2 Å². The molecule has 0 fully saturated rings. The maximum absolute atomic E-state index is 12.3. The highest BCUT2D eigenvalue weighted by Crippen LogP contribution is 2.22. The van der Waals surface area contributed by atoms with Gasteiger partial charge in [-0.1, -0.05) is 0 Å². The number of carbonyl (C=O) groups is 2. The number of ether oxygens (including phenoxy) is 3. The lowest BCUT2D eigenvalue weighted by atomic mass is 10.2. The first-order valence-corrected chi connectivity index (χ1v) is 13.1. The predicted molar refractivity (Wildman–Crippen MR) is 150 cm³/mol. The molecule has 11 heteroatoms. The van der Waals surface area contributed by atoms with E-state index >= 15 is 0 Å². The van der Waals surface area contributed by atoms with Crippen molar-refractivity contribution < 1.29 is 28.9 Å². The van der Waals surface area contributed by atoms with Gasteiger partial charge in [0.1, 0.15) is 5.60 Å². The van der Waals surface area contributed by atoms with Crippen molar-refractivity contribution in [2.24, 2.45) is 10.2 Å². The molecule has 2 aromatic rings. The van der Waals surface area contributed by atoms with E-state index in [1.54, 1.807) is 45.0 Å². The molecule has 0 atom stereocenters. The standard InChI is InChI=1S/C28H41N5O6/c1-5-33(16-17-34)25-12-10-24(11-13-25)32-31-23-8-6-22(7-9-23)26(35)29-14-18-37-20-21-38-19-15-30-27(36)39-28(2,3)4/h6-13,34H,5,14-21H2,1-4H3,(H,29,35)(H,30,36). The minimum absolute atomic E-state index is 0.103. The molecule has 0 aliphatic rings. The van der Waals surface area contributed by atoms with E-state index in [0.29, 0.717) is 63.0 Å². The molecular weight excluding hydrogens is 502 g/mol. The van der Waals surface area contributed by atoms with E-state index in [4.69, 9.17) is 19.3 Å². The summed E-state index contributed by atoms with van der Waals surface area (Å²) in [6, 6.07) is 14.5. The quantitative estimate of drug-likeness (QED) is 0.213. The lowest BCUT2D eigenvalue weighted by Crippen LogP contribution is -2.34. The Bertz CT molecular complexity index is 1020. The summed E-state index contributed by atoms with van der Waals surface area (Å²) in [6.07, 6.45) is -0.474. The highest BCUT2D eigenvalue weighted by atomic mass is 16.6. The Hall–Kier alpha value is -3.54. The summed E-state index contributed by atoms with van der Waals surface area (Å²) in [5.41, 5.74) is 2.35. The Morgan fingerprint density at radius 1 is 0.846 bits per heavy atom. The molecule has 0 saturated carbocycles. The minimum Gasteiger partial charge on any atom is -0.444 e. The van der Waals surface area contributed by atoms with Gasteiger partial charge in [0, 0.05) is 37.4 Å². The highest BCUT2D eigenvalue weighted by molar-refractivity contribution is 5.94. The molecule has 0 aliphatic heterocycles. The van der Waals surface area contributed by atoms with Gasteiger partial charge in [0.25, 0.3) is 5.91 Å². The molecule has 0 heterocycles. The second-order valence-electron chi connectivity index (χ2n) is 9.48. The molecule has 2 rings (SSSR count). The summed E-state index contributed by atoms with van der Waals surface area (Å²) in [6.45, 7) is 11.1. The van der Waals surface area contributed by atoms with Crippen LogP contribution in [0.3, 0.4) is 0 Å². The summed E-state index contributed by atoms with van der Waals surface area (Å²) in [4.78, 5) is 25.9. The molecule has 0 aliphatic carbocycles. The molecule has 0 bridgehead atoms. The number of nitrogens with zero attached hydrogens (tertiary/aromatic N) is 3. The maximum atomic E-state index is 12.3. The molecule has 0 unspecified atom stereocenters. The van der Waals surface area contributed by atoms with Crippen molar-refractivity contribution in [1.29, 1.82) is 0 Å². The fourth-order valence-corrected chi connectivity index (χ4v) is 3.32. The first kappa shape index (κ1) is 31.7. The van der Waals surface area contributed by atoms with Crippen LogP contribution in [0.25, 0.3) is 0 Å². The first-order valence-electron chi connectivity index (χ1n) is 13.1. The van der Waals surface area contributed by atoms with Crippen molar-refractivity contribution in [3.63, 3.8) is 0 Å². The van der Waals surface area contributed by atoms with E-state index in [-0.39, 0.29) is 12.5 Å². The number of hydrogen-bond donors (Lipinski definition) is 3. The fraction of sp³-hybridized carbons (Fsp3) is 0.500. The van der Waals surface area contributed by atoms with Crippen molar-refractivity contribution in [2.45, 2.75) is 33.3 Å². The third-order valence-electron chi connectivity index (χ3n) is 5.20. The van der Waals surface area contributed by atoms with Crippen LogP contribution < -0.4 is 15.5 Å². The topological polar surface area (TPSA) is 134 Å². The van der Waals surface area contributed by atoms with Gasteiger partial charge in [-0.3, -0.25) is 4.79 Å². The third-order valence-corrected chi connectivity index (χ3v) is 5.20. The molecule has 39 heavy (non-hydrogen) atoms. The number of aliphatic hydroxyl groups is 1. The Morgan fingerprint density at radius 3 is 1.90 bits per heavy atom. The largest absolute Gasteiger partial charge is 0.444 e. The SMILES string of the molecule is CCN(CCO)c1ccc(N=Nc2ccc(C(=O)NCCOCCOCCNC(=O)OC(C)(C)C)cc2)cc1. The summed E-state index contributed by atoms with van der Waals surface area (Å²) in [7, 11) is 0. The number of alkyl carbamates (subject to hydrolysis) is 1. The van der Waals surface area contributed by atoms with Gasteiger partial charge in [-0.05, 0) is 76.2 Å². The van der Waals surface area contributed by atoms with Gasteiger partial charge in [0.2, 0.25) is 0 Å². The molecule has 3 N–H and O–H groups in total. The van der Waals surface area contributed by atoms with Gasteiger partial charge in [-0.15, -0.1) is 0 Å². The summed E-state index contributed by atoms with van der Waals surface area (Å²) < 4.78 is 16.0. The van der Waals surface area contributed by atoms with Crippen LogP contribution in [0.4, 0.5) is 21.9 Å². The molecule has 0 aromatic heterocycles. The number of hydrogen-bond acceptors (Lipinski definition) is 9. The molecule has 0 saturated heterocycles. The van der Waals surface area contributed by atoms with Crippen molar-refractivity contribution in [3.8, 4) is 0 Å². The zero-order valence-corrected chi connectivity index (χ0v) is 23.3. The number of rotatable bonds is 16. The van der Waals surface area contributed by atoms with E-state index in [9.17, 15) is 9.59 Å². The summed E-state index contributed by atoms with van der Waals surface area (Å²) in [5.74, 6) is -0.203. The molecule has 0 radical (unpaired) electrons. The van der Waals surface area contributed by atoms with E-state index in [2.05, 4.69) is 25.8 Å². The first-order chi connectivity index (χ1) is 18.7. The van der Waals surface area contributed by atoms with E-state index in [1.807, 2.05) is 31.2 Å². The second-order valence-corrected chi connectivity index (χ2v) is 9.48. The average Bonchev–Trinajstić information content (AvgIpc) is 2.91. The second kappa shape index (κ2) is 17.1. The molecular formula is C28H41N5O6. The van der Waals surface area contributed by atoms with Crippen LogP contribution in [-0.4, -0.2) is 81.9 Å². The number of azo groups is 1. The third kappa shape index (κ3) is 13.2. The Morgan fingerprint density at radius 2 is 1.38 bits per heavy atom. The Kier molecular flexibility index (Phi) is 13.9. The molecule has 2 amide bonds. The normalized spacial score (nSPS) is 11.4. The minimum atomic E-state index is -0.530. The van der Waals surface area contributed by atoms with Gasteiger partial charge >= 0.3 is 6.09 Å². The number of nitrogens with one attached hydrogen (secondary N) is 2. The number of amides is 2. The zero-order valence-electron chi connectivity index (χ0n) is 23.3. The van der Waals surface area contributed by atoms with Gasteiger partial charge in [-0.25, -0.2) is 4.79 Å². The summed E-state index contributed by atoms with van der Waals surface area (Å²) in [5, 5.41) is 23.1. The number of benzene rings is 2. The number of likely N-dealkylation sites (N-methyl/N-ethyl adjacent to an activating group) is 1. The average molecular weight is 544 g/mol. The van der Waals surface area contributed by atoms with E-state index < -0.39 is 11.7 Å². The predicted octanol–water partition coefficient (Wildman–Crippen LogP) is 4.21.